The van der Waals surface area contributed by atoms with Crippen LogP contribution < -0.4 is 10.6 Å². The molecule has 2 rings (SSSR count). The van der Waals surface area contributed by atoms with Crippen molar-refractivity contribution in [1.82, 2.24) is 10.6 Å². The van der Waals surface area contributed by atoms with Crippen molar-refractivity contribution >= 4 is 57.6 Å². The molecule has 0 bridgehead atoms. The lowest BCUT2D eigenvalue weighted by Gasteiger charge is -2.15. The summed E-state index contributed by atoms with van der Waals surface area (Å²) in [6.45, 7) is 3.14. The maximum absolute atomic E-state index is 4.24. The van der Waals surface area contributed by atoms with Gasteiger partial charge in [0.2, 0.25) is 0 Å². The third kappa shape index (κ3) is 6.67. The monoisotopic (exact) mass is 469 g/mol. The van der Waals surface area contributed by atoms with E-state index in [9.17, 15) is 0 Å². The second kappa shape index (κ2) is 9.15. The fourth-order valence-corrected chi connectivity index (χ4v) is 2.83. The number of nitrogens with zero attached hydrogens (tertiary/aromatic N) is 1. The molecule has 1 saturated carbocycles. The third-order valence-electron chi connectivity index (χ3n) is 2.85. The highest BCUT2D eigenvalue weighted by Gasteiger charge is 2.22. The quantitative estimate of drug-likeness (QED) is 0.297. The Kier molecular flexibility index (Phi) is 8.28. The summed E-state index contributed by atoms with van der Waals surface area (Å²) in [5, 5.41) is 7.27. The Bertz CT molecular complexity index is 435. The summed E-state index contributed by atoms with van der Waals surface area (Å²) in [6.07, 6.45) is 2.54. The molecule has 1 atom stereocenters. The highest BCUT2D eigenvalue weighted by Crippen LogP contribution is 2.24. The minimum absolute atomic E-state index is 0. The number of rotatable bonds is 5. The molecule has 20 heavy (non-hydrogen) atoms. The molecule has 1 aliphatic rings. The van der Waals surface area contributed by atoms with Gasteiger partial charge in [0, 0.05) is 34.3 Å². The molecule has 1 aromatic rings. The lowest BCUT2D eigenvalue weighted by Crippen LogP contribution is -2.40. The van der Waals surface area contributed by atoms with Crippen LogP contribution in [-0.2, 0) is 0 Å². The molecule has 1 aliphatic carbocycles. The minimum atomic E-state index is 0. The van der Waals surface area contributed by atoms with Crippen molar-refractivity contribution in [3.05, 3.63) is 28.7 Å². The van der Waals surface area contributed by atoms with Gasteiger partial charge in [-0.15, -0.1) is 35.7 Å². The van der Waals surface area contributed by atoms with Crippen LogP contribution in [0.1, 0.15) is 19.8 Å². The highest BCUT2D eigenvalue weighted by atomic mass is 127. The van der Waals surface area contributed by atoms with Gasteiger partial charge in [-0.05, 0) is 37.1 Å². The van der Waals surface area contributed by atoms with Gasteiger partial charge < -0.3 is 10.6 Å². The predicted molar refractivity (Wildman–Crippen MR) is 102 cm³/mol. The lowest BCUT2D eigenvalue weighted by molar-refractivity contribution is 0.787. The van der Waals surface area contributed by atoms with E-state index in [2.05, 4.69) is 62.7 Å². The summed E-state index contributed by atoms with van der Waals surface area (Å²) in [7, 11) is 1.82. The maximum atomic E-state index is 4.24. The van der Waals surface area contributed by atoms with E-state index >= 15 is 0 Å². The topological polar surface area (TPSA) is 36.4 Å². The Morgan fingerprint density at radius 3 is 2.60 bits per heavy atom. The minimum Gasteiger partial charge on any atom is -0.355 e. The van der Waals surface area contributed by atoms with Crippen molar-refractivity contribution in [2.75, 3.05) is 13.6 Å². The number of nitrogens with one attached hydrogen (secondary N) is 2. The Morgan fingerprint density at radius 2 is 2.05 bits per heavy atom. The van der Waals surface area contributed by atoms with E-state index in [0.717, 1.165) is 17.0 Å². The van der Waals surface area contributed by atoms with Crippen molar-refractivity contribution in [2.24, 2.45) is 4.99 Å². The Hall–Kier alpha value is 0.0500. The molecular weight excluding hydrogens is 449 g/mol. The molecule has 0 aromatic heterocycles. The summed E-state index contributed by atoms with van der Waals surface area (Å²) >= 11 is 5.33. The fraction of sp³-hybridized carbons (Fsp3) is 0.500. The number of guanidine groups is 1. The Balaban J connectivity index is 0.00000200. The first kappa shape index (κ1) is 18.1. The van der Waals surface area contributed by atoms with Crippen LogP contribution in [0.15, 0.2) is 38.6 Å². The molecule has 0 heterocycles. The summed E-state index contributed by atoms with van der Waals surface area (Å²) in [4.78, 5) is 5.53. The first-order chi connectivity index (χ1) is 9.17. The van der Waals surface area contributed by atoms with Crippen LogP contribution in [0.25, 0.3) is 0 Å². The van der Waals surface area contributed by atoms with E-state index in [1.54, 1.807) is 0 Å². The lowest BCUT2D eigenvalue weighted by atomic mass is 10.4. The molecule has 1 fully saturated rings. The summed E-state index contributed by atoms with van der Waals surface area (Å²) in [6, 6.07) is 9.08. The van der Waals surface area contributed by atoms with Crippen LogP contribution in [-0.4, -0.2) is 30.8 Å². The SMILES string of the molecule is CN=C(NCC(C)Sc1ccc(Br)cc1)NC1CC1.I. The normalized spacial score (nSPS) is 16.2. The van der Waals surface area contributed by atoms with E-state index < -0.39 is 0 Å². The van der Waals surface area contributed by atoms with E-state index in [0.29, 0.717) is 11.3 Å². The highest BCUT2D eigenvalue weighted by molar-refractivity contribution is 14.0. The number of aliphatic imine (C=N–C) groups is 1. The fourth-order valence-electron chi connectivity index (χ4n) is 1.64. The van der Waals surface area contributed by atoms with Crippen LogP contribution in [0.2, 0.25) is 0 Å². The Morgan fingerprint density at radius 1 is 1.40 bits per heavy atom. The number of benzene rings is 1. The average Bonchev–Trinajstić information content (AvgIpc) is 3.21. The summed E-state index contributed by atoms with van der Waals surface area (Å²) in [5.41, 5.74) is 0. The molecule has 2 N–H and O–H groups in total. The summed E-state index contributed by atoms with van der Waals surface area (Å²) < 4.78 is 1.12. The number of hydrogen-bond acceptors (Lipinski definition) is 2. The molecule has 112 valence electrons. The van der Waals surface area contributed by atoms with Crippen LogP contribution in [0, 0.1) is 0 Å². The zero-order chi connectivity index (χ0) is 13.7. The molecule has 0 aliphatic heterocycles. The van der Waals surface area contributed by atoms with Crippen LogP contribution in [0.3, 0.4) is 0 Å². The second-order valence-electron chi connectivity index (χ2n) is 4.75. The van der Waals surface area contributed by atoms with Gasteiger partial charge in [0.05, 0.1) is 0 Å². The van der Waals surface area contributed by atoms with Crippen molar-refractivity contribution in [3.8, 4) is 0 Å². The van der Waals surface area contributed by atoms with Crippen LogP contribution in [0.4, 0.5) is 0 Å². The number of hydrogen-bond donors (Lipinski definition) is 2. The zero-order valence-corrected chi connectivity index (χ0v) is 16.5. The van der Waals surface area contributed by atoms with Crippen LogP contribution in [0.5, 0.6) is 0 Å². The van der Waals surface area contributed by atoms with Crippen molar-refractivity contribution in [3.63, 3.8) is 0 Å². The van der Waals surface area contributed by atoms with Gasteiger partial charge in [0.25, 0.3) is 0 Å². The average molecular weight is 470 g/mol. The van der Waals surface area contributed by atoms with Gasteiger partial charge in [-0.2, -0.15) is 0 Å². The first-order valence-electron chi connectivity index (χ1n) is 6.57. The molecular formula is C14H21BrIN3S. The van der Waals surface area contributed by atoms with E-state index in [-0.39, 0.29) is 24.0 Å². The summed E-state index contributed by atoms with van der Waals surface area (Å²) in [5.74, 6) is 0.922. The maximum Gasteiger partial charge on any atom is 0.191 e. The van der Waals surface area contributed by atoms with Gasteiger partial charge in [-0.25, -0.2) is 0 Å². The van der Waals surface area contributed by atoms with Gasteiger partial charge in [0.15, 0.2) is 5.96 Å². The number of halogens is 2. The third-order valence-corrected chi connectivity index (χ3v) is 4.49. The molecule has 1 aromatic carbocycles. The molecule has 6 heteroatoms. The molecule has 0 saturated heterocycles. The predicted octanol–water partition coefficient (Wildman–Crippen LogP) is 3.88. The number of thioether (sulfide) groups is 1. The smallest absolute Gasteiger partial charge is 0.191 e. The van der Waals surface area contributed by atoms with Crippen molar-refractivity contribution in [1.29, 1.82) is 0 Å². The second-order valence-corrected chi connectivity index (χ2v) is 7.18. The molecule has 1 unspecified atom stereocenters. The van der Waals surface area contributed by atoms with Gasteiger partial charge >= 0.3 is 0 Å². The first-order valence-corrected chi connectivity index (χ1v) is 8.24. The van der Waals surface area contributed by atoms with Crippen molar-refractivity contribution in [2.45, 2.75) is 36.0 Å². The van der Waals surface area contributed by atoms with E-state index in [1.165, 1.54) is 17.7 Å². The Labute approximate surface area is 150 Å². The zero-order valence-electron chi connectivity index (χ0n) is 11.7. The van der Waals surface area contributed by atoms with Gasteiger partial charge in [-0.3, -0.25) is 4.99 Å². The standard InChI is InChI=1S/C14H20BrN3S.HI/c1-10(19-13-7-3-11(15)4-8-13)9-17-14(16-2)18-12-5-6-12;/h3-4,7-8,10,12H,5-6,9H2,1-2H3,(H2,16,17,18);1H. The van der Waals surface area contributed by atoms with E-state index in [4.69, 9.17) is 0 Å². The molecule has 0 radical (unpaired) electrons. The molecule has 3 nitrogen and oxygen atoms in total. The molecule has 0 amide bonds. The van der Waals surface area contributed by atoms with Gasteiger partial charge in [0.1, 0.15) is 0 Å². The van der Waals surface area contributed by atoms with E-state index in [1.807, 2.05) is 18.8 Å². The van der Waals surface area contributed by atoms with Gasteiger partial charge in [-0.1, -0.05) is 22.9 Å². The molecule has 0 spiro atoms. The van der Waals surface area contributed by atoms with Crippen molar-refractivity contribution < 1.29 is 0 Å². The largest absolute Gasteiger partial charge is 0.355 e. The van der Waals surface area contributed by atoms with Crippen LogP contribution >= 0.6 is 51.7 Å².